The molecule has 7 heteroatoms. The molecule has 0 saturated carbocycles. The summed E-state index contributed by atoms with van der Waals surface area (Å²) in [6.07, 6.45) is 3.50. The number of rotatable bonds is 4. The molecule has 4 rings (SSSR count). The third kappa shape index (κ3) is 2.76. The zero-order valence-electron chi connectivity index (χ0n) is 12.9. The van der Waals surface area contributed by atoms with Crippen molar-refractivity contribution in [1.82, 2.24) is 15.1 Å². The van der Waals surface area contributed by atoms with Crippen LogP contribution in [0.5, 0.6) is 0 Å². The van der Waals surface area contributed by atoms with Crippen LogP contribution in [-0.4, -0.2) is 33.5 Å². The minimum Gasteiger partial charge on any atom is -0.467 e. The lowest BCUT2D eigenvalue weighted by Crippen LogP contribution is -2.27. The molecule has 7 nitrogen and oxygen atoms in total. The van der Waals surface area contributed by atoms with Gasteiger partial charge in [0.2, 0.25) is 11.8 Å². The zero-order chi connectivity index (χ0) is 16.5. The lowest BCUT2D eigenvalue weighted by atomic mass is 10.1. The first kappa shape index (κ1) is 14.5. The molecule has 3 aromatic rings. The Morgan fingerprint density at radius 1 is 1.42 bits per heavy atom. The molecule has 0 aliphatic carbocycles. The number of benzene rings is 1. The van der Waals surface area contributed by atoms with E-state index < -0.39 is 0 Å². The minimum absolute atomic E-state index is 0.0307. The smallest absolute Gasteiger partial charge is 0.229 e. The minimum atomic E-state index is -0.354. The number of likely N-dealkylation sites (tertiary alicyclic amines) is 1. The molecule has 1 unspecified atom stereocenters. The number of nitrogens with one attached hydrogen (secondary N) is 2. The van der Waals surface area contributed by atoms with E-state index in [0.29, 0.717) is 18.8 Å². The molecule has 2 amide bonds. The van der Waals surface area contributed by atoms with E-state index in [4.69, 9.17) is 4.42 Å². The van der Waals surface area contributed by atoms with Gasteiger partial charge in [0.25, 0.3) is 0 Å². The molecular weight excluding hydrogens is 308 g/mol. The third-order valence-electron chi connectivity index (χ3n) is 4.22. The van der Waals surface area contributed by atoms with Crippen molar-refractivity contribution in [3.05, 3.63) is 48.6 Å². The molecule has 2 N–H and O–H groups in total. The summed E-state index contributed by atoms with van der Waals surface area (Å²) in [5, 5.41) is 10.6. The molecule has 122 valence electrons. The Morgan fingerprint density at radius 2 is 2.33 bits per heavy atom. The van der Waals surface area contributed by atoms with Gasteiger partial charge in [-0.15, -0.1) is 0 Å². The van der Waals surface area contributed by atoms with Gasteiger partial charge in [-0.1, -0.05) is 0 Å². The van der Waals surface area contributed by atoms with E-state index in [1.54, 1.807) is 23.4 Å². The van der Waals surface area contributed by atoms with E-state index in [9.17, 15) is 9.59 Å². The normalized spacial score (nSPS) is 17.6. The maximum Gasteiger partial charge on any atom is 0.229 e. The number of hydrogen-bond donors (Lipinski definition) is 2. The van der Waals surface area contributed by atoms with Crippen LogP contribution >= 0.6 is 0 Å². The van der Waals surface area contributed by atoms with Crippen molar-refractivity contribution >= 4 is 28.4 Å². The molecule has 1 aliphatic rings. The van der Waals surface area contributed by atoms with Gasteiger partial charge in [0.05, 0.1) is 30.4 Å². The second-order valence-corrected chi connectivity index (χ2v) is 5.92. The van der Waals surface area contributed by atoms with Crippen LogP contribution in [0.4, 0.5) is 5.69 Å². The summed E-state index contributed by atoms with van der Waals surface area (Å²) in [6, 6.07) is 9.14. The predicted octanol–water partition coefficient (Wildman–Crippen LogP) is 2.14. The van der Waals surface area contributed by atoms with Crippen molar-refractivity contribution in [3.8, 4) is 0 Å². The molecule has 0 bridgehead atoms. The van der Waals surface area contributed by atoms with Crippen molar-refractivity contribution in [3.63, 3.8) is 0 Å². The van der Waals surface area contributed by atoms with Crippen LogP contribution in [0.3, 0.4) is 0 Å². The van der Waals surface area contributed by atoms with E-state index >= 15 is 0 Å². The molecule has 0 radical (unpaired) electrons. The molecule has 1 atom stereocenters. The summed E-state index contributed by atoms with van der Waals surface area (Å²) < 4.78 is 5.27. The number of aromatic nitrogens is 2. The number of amides is 2. The lowest BCUT2D eigenvalue weighted by Gasteiger charge is -2.15. The number of aromatic amines is 1. The van der Waals surface area contributed by atoms with Crippen LogP contribution in [0, 0.1) is 5.92 Å². The highest BCUT2D eigenvalue weighted by Crippen LogP contribution is 2.23. The highest BCUT2D eigenvalue weighted by atomic mass is 16.3. The first-order chi connectivity index (χ1) is 11.7. The summed E-state index contributed by atoms with van der Waals surface area (Å²) in [7, 11) is 0. The highest BCUT2D eigenvalue weighted by Gasteiger charge is 2.34. The quantitative estimate of drug-likeness (QED) is 0.769. The number of hydrogen-bond acceptors (Lipinski definition) is 4. The Hall–Kier alpha value is -3.09. The van der Waals surface area contributed by atoms with Gasteiger partial charge in [-0.25, -0.2) is 0 Å². The second kappa shape index (κ2) is 5.84. The number of carbonyl (C=O) groups excluding carboxylic acids is 2. The average molecular weight is 324 g/mol. The van der Waals surface area contributed by atoms with E-state index in [-0.39, 0.29) is 24.2 Å². The number of carbonyl (C=O) groups is 2. The van der Waals surface area contributed by atoms with Crippen LogP contribution in [0.15, 0.2) is 47.2 Å². The van der Waals surface area contributed by atoms with Gasteiger partial charge in [0.15, 0.2) is 0 Å². The van der Waals surface area contributed by atoms with Crippen molar-refractivity contribution in [1.29, 1.82) is 0 Å². The lowest BCUT2D eigenvalue weighted by molar-refractivity contribution is -0.128. The SMILES string of the molecule is O=C(Nc1ccc2[nH]ncc2c1)C1CC(=O)N(Cc2ccco2)C1. The van der Waals surface area contributed by atoms with Gasteiger partial charge in [-0.3, -0.25) is 14.7 Å². The number of nitrogens with zero attached hydrogens (tertiary/aromatic N) is 2. The largest absolute Gasteiger partial charge is 0.467 e. The molecule has 2 aromatic heterocycles. The van der Waals surface area contributed by atoms with Crippen molar-refractivity contribution in [2.45, 2.75) is 13.0 Å². The average Bonchev–Trinajstić information content (AvgIpc) is 3.29. The number of furan rings is 1. The third-order valence-corrected chi connectivity index (χ3v) is 4.22. The Kier molecular flexibility index (Phi) is 3.53. The highest BCUT2D eigenvalue weighted by molar-refractivity contribution is 5.98. The first-order valence-corrected chi connectivity index (χ1v) is 7.73. The molecule has 3 heterocycles. The molecule has 1 aliphatic heterocycles. The first-order valence-electron chi connectivity index (χ1n) is 7.73. The molecule has 0 spiro atoms. The standard InChI is InChI=1S/C17H16N4O3/c22-16-7-12(9-21(16)10-14-2-1-5-24-14)17(23)19-13-3-4-15-11(6-13)8-18-20-15/h1-6,8,12H,7,9-10H2,(H,18,20)(H,19,23). The van der Waals surface area contributed by atoms with Crippen LogP contribution < -0.4 is 5.32 Å². The topological polar surface area (TPSA) is 91.2 Å². The van der Waals surface area contributed by atoms with Gasteiger partial charge in [-0.2, -0.15) is 5.10 Å². The van der Waals surface area contributed by atoms with Crippen LogP contribution in [0.2, 0.25) is 0 Å². The molecule has 1 saturated heterocycles. The molecule has 1 aromatic carbocycles. The summed E-state index contributed by atoms with van der Waals surface area (Å²) in [4.78, 5) is 26.2. The summed E-state index contributed by atoms with van der Waals surface area (Å²) in [5.41, 5.74) is 1.61. The van der Waals surface area contributed by atoms with E-state index in [2.05, 4.69) is 15.5 Å². The summed E-state index contributed by atoms with van der Waals surface area (Å²) in [6.45, 7) is 0.802. The Bertz CT molecular complexity index is 884. The zero-order valence-corrected chi connectivity index (χ0v) is 12.9. The van der Waals surface area contributed by atoms with Crippen LogP contribution in [0.1, 0.15) is 12.2 Å². The van der Waals surface area contributed by atoms with Gasteiger partial charge in [-0.05, 0) is 30.3 Å². The molecular formula is C17H16N4O3. The number of anilines is 1. The van der Waals surface area contributed by atoms with E-state index in [1.807, 2.05) is 24.3 Å². The fraction of sp³-hybridized carbons (Fsp3) is 0.235. The second-order valence-electron chi connectivity index (χ2n) is 5.92. The number of fused-ring (bicyclic) bond motifs is 1. The predicted molar refractivity (Wildman–Crippen MR) is 87.0 cm³/mol. The Morgan fingerprint density at radius 3 is 3.17 bits per heavy atom. The van der Waals surface area contributed by atoms with Gasteiger partial charge in [0.1, 0.15) is 5.76 Å². The van der Waals surface area contributed by atoms with Gasteiger partial charge < -0.3 is 14.6 Å². The van der Waals surface area contributed by atoms with Crippen LogP contribution in [0.25, 0.3) is 10.9 Å². The summed E-state index contributed by atoms with van der Waals surface area (Å²) >= 11 is 0. The van der Waals surface area contributed by atoms with Crippen molar-refractivity contribution in [2.75, 3.05) is 11.9 Å². The molecule has 24 heavy (non-hydrogen) atoms. The summed E-state index contributed by atoms with van der Waals surface area (Å²) in [5.74, 6) is 0.187. The van der Waals surface area contributed by atoms with Crippen LogP contribution in [-0.2, 0) is 16.1 Å². The van der Waals surface area contributed by atoms with Crippen molar-refractivity contribution < 1.29 is 14.0 Å². The fourth-order valence-electron chi connectivity index (χ4n) is 2.96. The molecule has 1 fully saturated rings. The Balaban J connectivity index is 1.42. The van der Waals surface area contributed by atoms with Gasteiger partial charge in [0, 0.05) is 24.0 Å². The maximum atomic E-state index is 12.4. The fourth-order valence-corrected chi connectivity index (χ4v) is 2.96. The Labute approximate surface area is 137 Å². The van der Waals surface area contributed by atoms with Crippen molar-refractivity contribution in [2.24, 2.45) is 5.92 Å². The van der Waals surface area contributed by atoms with Gasteiger partial charge >= 0.3 is 0 Å². The monoisotopic (exact) mass is 324 g/mol. The maximum absolute atomic E-state index is 12.4. The van der Waals surface area contributed by atoms with E-state index in [0.717, 1.165) is 16.7 Å². The van der Waals surface area contributed by atoms with E-state index in [1.165, 1.54) is 0 Å². The number of H-pyrrole nitrogens is 1.